The van der Waals surface area contributed by atoms with Gasteiger partial charge in [-0.15, -0.1) is 0 Å². The Bertz CT molecular complexity index is 1060. The van der Waals surface area contributed by atoms with Crippen molar-refractivity contribution in [3.8, 4) is 11.5 Å². The molecule has 1 amide bonds. The molecule has 1 aliphatic carbocycles. The maximum atomic E-state index is 13.6. The fourth-order valence-electron chi connectivity index (χ4n) is 5.31. The van der Waals surface area contributed by atoms with Crippen LogP contribution in [0.5, 0.6) is 11.5 Å². The molecule has 2 aliphatic heterocycles. The molecule has 7 nitrogen and oxygen atoms in total. The van der Waals surface area contributed by atoms with Gasteiger partial charge < -0.3 is 25.0 Å². The van der Waals surface area contributed by atoms with E-state index in [0.717, 1.165) is 42.9 Å². The molecule has 33 heavy (non-hydrogen) atoms. The molecular weight excluding hydrogens is 416 g/mol. The summed E-state index contributed by atoms with van der Waals surface area (Å²) >= 11 is 0. The van der Waals surface area contributed by atoms with Crippen molar-refractivity contribution in [3.05, 3.63) is 48.0 Å². The van der Waals surface area contributed by atoms with E-state index >= 15 is 0 Å². The van der Waals surface area contributed by atoms with Crippen LogP contribution in [0, 0.1) is 0 Å². The second kappa shape index (κ2) is 8.96. The molecule has 0 aromatic heterocycles. The van der Waals surface area contributed by atoms with Crippen LogP contribution >= 0.6 is 0 Å². The van der Waals surface area contributed by atoms with Gasteiger partial charge in [-0.25, -0.2) is 0 Å². The number of anilines is 2. The molecule has 2 aromatic rings. The first-order chi connectivity index (χ1) is 16.1. The summed E-state index contributed by atoms with van der Waals surface area (Å²) in [5.41, 5.74) is 2.22. The molecule has 174 valence electrons. The van der Waals surface area contributed by atoms with E-state index in [0.29, 0.717) is 36.2 Å². The third-order valence-electron chi connectivity index (χ3n) is 7.06. The maximum Gasteiger partial charge on any atom is 0.257 e. The average molecular weight is 449 g/mol. The van der Waals surface area contributed by atoms with Gasteiger partial charge in [0.2, 0.25) is 0 Å². The molecule has 1 spiro atoms. The number of methoxy groups -OCH3 is 2. The molecule has 1 saturated carbocycles. The minimum atomic E-state index is -0.426. The van der Waals surface area contributed by atoms with Crippen molar-refractivity contribution in [1.29, 1.82) is 0 Å². The number of para-hydroxylation sites is 2. The van der Waals surface area contributed by atoms with Crippen molar-refractivity contribution in [3.63, 3.8) is 0 Å². The number of piperidine rings is 1. The molecule has 0 bridgehead atoms. The molecule has 2 heterocycles. The van der Waals surface area contributed by atoms with Crippen molar-refractivity contribution >= 4 is 23.1 Å². The van der Waals surface area contributed by atoms with Gasteiger partial charge >= 0.3 is 0 Å². The smallest absolute Gasteiger partial charge is 0.257 e. The zero-order valence-corrected chi connectivity index (χ0v) is 19.4. The number of hydrogen-bond acceptors (Lipinski definition) is 5. The number of nitrogens with zero attached hydrogens (tertiary/aromatic N) is 2. The Labute approximate surface area is 195 Å². The van der Waals surface area contributed by atoms with Gasteiger partial charge in [-0.05, 0) is 49.9 Å². The summed E-state index contributed by atoms with van der Waals surface area (Å²) in [7, 11) is 3.19. The molecule has 3 aliphatic rings. The highest BCUT2D eigenvalue weighted by atomic mass is 16.5. The van der Waals surface area contributed by atoms with Gasteiger partial charge in [-0.1, -0.05) is 25.0 Å². The number of benzene rings is 2. The highest BCUT2D eigenvalue weighted by Crippen LogP contribution is 2.38. The van der Waals surface area contributed by atoms with Crippen LogP contribution in [0.25, 0.3) is 0 Å². The van der Waals surface area contributed by atoms with Crippen molar-refractivity contribution in [2.45, 2.75) is 50.1 Å². The van der Waals surface area contributed by atoms with Crippen LogP contribution in [0.2, 0.25) is 0 Å². The molecular formula is C26H32N4O3. The quantitative estimate of drug-likeness (QED) is 0.717. The zero-order chi connectivity index (χ0) is 22.8. The largest absolute Gasteiger partial charge is 0.497 e. The minimum absolute atomic E-state index is 0.0329. The molecule has 2 fully saturated rings. The second-order valence-corrected chi connectivity index (χ2v) is 9.19. The third kappa shape index (κ3) is 4.12. The van der Waals surface area contributed by atoms with Crippen LogP contribution in [-0.4, -0.2) is 55.5 Å². The van der Waals surface area contributed by atoms with Crippen LogP contribution in [0.4, 0.5) is 11.4 Å². The van der Waals surface area contributed by atoms with Gasteiger partial charge in [0.1, 0.15) is 22.9 Å². The molecule has 0 radical (unpaired) electrons. The second-order valence-electron chi connectivity index (χ2n) is 9.19. The molecule has 1 unspecified atom stereocenters. The van der Waals surface area contributed by atoms with Crippen LogP contribution in [0.15, 0.2) is 47.5 Å². The van der Waals surface area contributed by atoms with Gasteiger partial charge in [0, 0.05) is 12.6 Å². The lowest BCUT2D eigenvalue weighted by atomic mass is 9.84. The lowest BCUT2D eigenvalue weighted by molar-refractivity contribution is 0.0691. The van der Waals surface area contributed by atoms with E-state index in [-0.39, 0.29) is 5.91 Å². The average Bonchev–Trinajstić information content (AvgIpc) is 3.37. The van der Waals surface area contributed by atoms with E-state index < -0.39 is 5.54 Å². The van der Waals surface area contributed by atoms with Crippen molar-refractivity contribution in [2.24, 2.45) is 4.99 Å². The highest BCUT2D eigenvalue weighted by molar-refractivity contribution is 6.10. The first-order valence-corrected chi connectivity index (χ1v) is 11.9. The van der Waals surface area contributed by atoms with Gasteiger partial charge in [-0.2, -0.15) is 0 Å². The lowest BCUT2D eigenvalue weighted by Gasteiger charge is -2.47. The molecule has 1 saturated heterocycles. The van der Waals surface area contributed by atoms with E-state index in [1.54, 1.807) is 32.4 Å². The number of carbonyl (C=O) groups excluding carboxylic acids is 1. The first-order valence-electron chi connectivity index (χ1n) is 11.9. The normalized spacial score (nSPS) is 23.7. The van der Waals surface area contributed by atoms with Gasteiger partial charge in [0.05, 0.1) is 43.7 Å². The summed E-state index contributed by atoms with van der Waals surface area (Å²) in [6.45, 7) is 1.25. The van der Waals surface area contributed by atoms with E-state index in [9.17, 15) is 4.79 Å². The van der Waals surface area contributed by atoms with Crippen molar-refractivity contribution in [1.82, 2.24) is 4.90 Å². The van der Waals surface area contributed by atoms with Gasteiger partial charge in [-0.3, -0.25) is 9.79 Å². The van der Waals surface area contributed by atoms with Crippen LogP contribution < -0.4 is 20.1 Å². The van der Waals surface area contributed by atoms with Gasteiger partial charge in [0.25, 0.3) is 5.91 Å². The summed E-state index contributed by atoms with van der Waals surface area (Å²) < 4.78 is 10.8. The minimum Gasteiger partial charge on any atom is -0.497 e. The predicted octanol–water partition coefficient (Wildman–Crippen LogP) is 4.56. The van der Waals surface area contributed by atoms with E-state index in [4.69, 9.17) is 14.5 Å². The molecule has 2 N–H and O–H groups in total. The number of hydrogen-bond donors (Lipinski definition) is 2. The molecule has 5 rings (SSSR count). The van der Waals surface area contributed by atoms with Crippen LogP contribution in [0.1, 0.15) is 48.9 Å². The fraction of sp³-hybridized carbons (Fsp3) is 0.462. The number of aliphatic imine (C=N–C) groups is 1. The van der Waals surface area contributed by atoms with Crippen LogP contribution in [-0.2, 0) is 0 Å². The topological polar surface area (TPSA) is 75.2 Å². The Kier molecular flexibility index (Phi) is 5.87. The first kappa shape index (κ1) is 21.6. The molecule has 2 aromatic carbocycles. The van der Waals surface area contributed by atoms with Crippen LogP contribution in [0.3, 0.4) is 0 Å². The molecule has 7 heteroatoms. The summed E-state index contributed by atoms with van der Waals surface area (Å²) in [4.78, 5) is 20.7. The monoisotopic (exact) mass is 448 g/mol. The highest BCUT2D eigenvalue weighted by Gasteiger charge is 2.45. The Morgan fingerprint density at radius 2 is 1.85 bits per heavy atom. The van der Waals surface area contributed by atoms with Crippen molar-refractivity contribution in [2.75, 3.05) is 37.9 Å². The maximum absolute atomic E-state index is 13.6. The Balaban J connectivity index is 1.47. The van der Waals surface area contributed by atoms with Gasteiger partial charge in [0.15, 0.2) is 0 Å². The van der Waals surface area contributed by atoms with Crippen molar-refractivity contribution < 1.29 is 14.3 Å². The summed E-state index contributed by atoms with van der Waals surface area (Å²) in [6, 6.07) is 13.9. The Morgan fingerprint density at radius 3 is 2.61 bits per heavy atom. The number of rotatable bonds is 4. The van der Waals surface area contributed by atoms with E-state index in [1.165, 1.54) is 12.8 Å². The number of likely N-dealkylation sites (tertiary alicyclic amines) is 1. The lowest BCUT2D eigenvalue weighted by Crippen LogP contribution is -2.62. The van der Waals surface area contributed by atoms with E-state index in [1.807, 2.05) is 17.0 Å². The zero-order valence-electron chi connectivity index (χ0n) is 19.4. The summed E-state index contributed by atoms with van der Waals surface area (Å²) in [5.74, 6) is 2.12. The fourth-order valence-corrected chi connectivity index (χ4v) is 5.31. The number of carbonyl (C=O) groups is 1. The Morgan fingerprint density at radius 1 is 1.06 bits per heavy atom. The SMILES string of the molecule is COc1ccc(C(=O)N2CCCC3(C2)Nc2ccccc2NC3=NC2CCCC2)c(OC)c1. The number of nitrogens with one attached hydrogen (secondary N) is 2. The Hall–Kier alpha value is -3.22. The summed E-state index contributed by atoms with van der Waals surface area (Å²) in [6.07, 6.45) is 6.55. The standard InChI is InChI=1S/C26H32N4O3/c1-32-19-12-13-20(23(16-19)33-2)24(31)30-15-7-14-26(17-30)25(27-18-8-3-4-9-18)28-21-10-5-6-11-22(21)29-26/h5-6,10-13,16,18,29H,3-4,7-9,14-15,17H2,1-2H3,(H,27,28). The summed E-state index contributed by atoms with van der Waals surface area (Å²) in [5, 5.41) is 7.41. The number of amidine groups is 1. The van der Waals surface area contributed by atoms with E-state index in [2.05, 4.69) is 22.8 Å². The number of ether oxygens (including phenoxy) is 2. The number of amides is 1. The predicted molar refractivity (Wildman–Crippen MR) is 131 cm³/mol. The number of fused-ring (bicyclic) bond motifs is 1. The molecule has 1 atom stereocenters. The third-order valence-corrected chi connectivity index (χ3v) is 7.06.